The van der Waals surface area contributed by atoms with Crippen LogP contribution >= 0.6 is 0 Å². The first-order valence-electron chi connectivity index (χ1n) is 6.10. The standard InChI is InChI=1S/C14H18N2/c1-2-10-4-3-5-12-11(10)8-13(16-12)14(9-15)6-7-14/h3-5,8,16H,2,6-7,9,15H2,1H3. The van der Waals surface area contributed by atoms with E-state index >= 15 is 0 Å². The van der Waals surface area contributed by atoms with Crippen molar-refractivity contribution in [2.45, 2.75) is 31.6 Å². The fourth-order valence-electron chi connectivity index (χ4n) is 2.55. The number of hydrogen-bond acceptors (Lipinski definition) is 1. The minimum Gasteiger partial charge on any atom is -0.358 e. The van der Waals surface area contributed by atoms with E-state index in [4.69, 9.17) is 5.73 Å². The zero-order valence-corrected chi connectivity index (χ0v) is 9.72. The molecule has 1 fully saturated rings. The molecule has 1 aromatic heterocycles. The molecular weight excluding hydrogens is 196 g/mol. The number of benzene rings is 1. The van der Waals surface area contributed by atoms with Gasteiger partial charge in [0.15, 0.2) is 0 Å². The van der Waals surface area contributed by atoms with E-state index < -0.39 is 0 Å². The Balaban J connectivity index is 2.16. The molecular formula is C14H18N2. The zero-order chi connectivity index (χ0) is 11.2. The molecule has 0 atom stereocenters. The van der Waals surface area contributed by atoms with Crippen molar-refractivity contribution in [3.8, 4) is 0 Å². The molecule has 1 heterocycles. The molecule has 1 aliphatic rings. The first kappa shape index (κ1) is 9.91. The van der Waals surface area contributed by atoms with Crippen LogP contribution < -0.4 is 5.73 Å². The summed E-state index contributed by atoms with van der Waals surface area (Å²) in [6.07, 6.45) is 3.56. The lowest BCUT2D eigenvalue weighted by Gasteiger charge is -2.08. The second-order valence-electron chi connectivity index (χ2n) is 4.90. The molecule has 2 nitrogen and oxygen atoms in total. The van der Waals surface area contributed by atoms with Crippen molar-refractivity contribution in [1.82, 2.24) is 4.98 Å². The highest BCUT2D eigenvalue weighted by Gasteiger charge is 2.44. The number of aromatic nitrogens is 1. The van der Waals surface area contributed by atoms with E-state index in [2.05, 4.69) is 36.2 Å². The van der Waals surface area contributed by atoms with E-state index in [1.165, 1.54) is 35.0 Å². The van der Waals surface area contributed by atoms with Gasteiger partial charge in [-0.1, -0.05) is 19.1 Å². The lowest BCUT2D eigenvalue weighted by Crippen LogP contribution is -2.19. The molecule has 1 aliphatic carbocycles. The topological polar surface area (TPSA) is 41.8 Å². The number of nitrogens with one attached hydrogen (secondary N) is 1. The summed E-state index contributed by atoms with van der Waals surface area (Å²) in [7, 11) is 0. The third-order valence-electron chi connectivity index (χ3n) is 3.95. The maximum Gasteiger partial charge on any atom is 0.0459 e. The van der Waals surface area contributed by atoms with Gasteiger partial charge < -0.3 is 10.7 Å². The minimum absolute atomic E-state index is 0.268. The first-order chi connectivity index (χ1) is 7.79. The molecule has 2 aromatic rings. The highest BCUT2D eigenvalue weighted by molar-refractivity contribution is 5.84. The normalized spacial score (nSPS) is 17.9. The van der Waals surface area contributed by atoms with Crippen LogP contribution in [-0.4, -0.2) is 11.5 Å². The van der Waals surface area contributed by atoms with Gasteiger partial charge in [-0.2, -0.15) is 0 Å². The summed E-state index contributed by atoms with van der Waals surface area (Å²) in [4.78, 5) is 3.54. The molecule has 0 aliphatic heterocycles. The molecule has 1 aromatic carbocycles. The van der Waals surface area contributed by atoms with Crippen molar-refractivity contribution in [1.29, 1.82) is 0 Å². The van der Waals surface area contributed by atoms with Gasteiger partial charge in [-0.15, -0.1) is 0 Å². The Morgan fingerprint density at radius 1 is 1.38 bits per heavy atom. The van der Waals surface area contributed by atoms with Gasteiger partial charge >= 0.3 is 0 Å². The summed E-state index contributed by atoms with van der Waals surface area (Å²) >= 11 is 0. The molecule has 1 saturated carbocycles. The second-order valence-corrected chi connectivity index (χ2v) is 4.90. The quantitative estimate of drug-likeness (QED) is 0.810. The molecule has 0 amide bonds. The number of hydrogen-bond donors (Lipinski definition) is 2. The van der Waals surface area contributed by atoms with E-state index in [1.54, 1.807) is 0 Å². The second kappa shape index (κ2) is 3.36. The molecule has 16 heavy (non-hydrogen) atoms. The summed E-state index contributed by atoms with van der Waals surface area (Å²) in [5.74, 6) is 0. The third-order valence-corrected chi connectivity index (χ3v) is 3.95. The Morgan fingerprint density at radius 3 is 2.81 bits per heavy atom. The van der Waals surface area contributed by atoms with Crippen molar-refractivity contribution in [3.05, 3.63) is 35.5 Å². The molecule has 0 bridgehead atoms. The average molecular weight is 214 g/mol. The van der Waals surface area contributed by atoms with Crippen LogP contribution in [0.15, 0.2) is 24.3 Å². The number of H-pyrrole nitrogens is 1. The van der Waals surface area contributed by atoms with Gasteiger partial charge in [0.1, 0.15) is 0 Å². The van der Waals surface area contributed by atoms with Gasteiger partial charge in [0.25, 0.3) is 0 Å². The molecule has 2 heteroatoms. The lowest BCUT2D eigenvalue weighted by molar-refractivity contribution is 0.686. The van der Waals surface area contributed by atoms with E-state index in [-0.39, 0.29) is 5.41 Å². The van der Waals surface area contributed by atoms with Gasteiger partial charge in [0.2, 0.25) is 0 Å². The van der Waals surface area contributed by atoms with Crippen LogP contribution in [0.3, 0.4) is 0 Å². The van der Waals surface area contributed by atoms with Crippen LogP contribution in [0.2, 0.25) is 0 Å². The van der Waals surface area contributed by atoms with Crippen molar-refractivity contribution >= 4 is 10.9 Å². The van der Waals surface area contributed by atoms with Crippen LogP contribution in [0.25, 0.3) is 10.9 Å². The third kappa shape index (κ3) is 1.30. The fraction of sp³-hybridized carbons (Fsp3) is 0.429. The van der Waals surface area contributed by atoms with Gasteiger partial charge in [0.05, 0.1) is 0 Å². The fourth-order valence-corrected chi connectivity index (χ4v) is 2.55. The molecule has 84 valence electrons. The molecule has 3 rings (SSSR count). The van der Waals surface area contributed by atoms with E-state index in [9.17, 15) is 0 Å². The minimum atomic E-state index is 0.268. The Morgan fingerprint density at radius 2 is 2.19 bits per heavy atom. The number of aryl methyl sites for hydroxylation is 1. The van der Waals surface area contributed by atoms with Gasteiger partial charge in [-0.25, -0.2) is 0 Å². The Kier molecular flexibility index (Phi) is 2.08. The highest BCUT2D eigenvalue weighted by atomic mass is 14.8. The lowest BCUT2D eigenvalue weighted by atomic mass is 10.0. The van der Waals surface area contributed by atoms with Crippen molar-refractivity contribution < 1.29 is 0 Å². The van der Waals surface area contributed by atoms with Crippen molar-refractivity contribution in [2.24, 2.45) is 5.73 Å². The smallest absolute Gasteiger partial charge is 0.0459 e. The predicted molar refractivity (Wildman–Crippen MR) is 67.6 cm³/mol. The number of nitrogens with two attached hydrogens (primary N) is 1. The van der Waals surface area contributed by atoms with Crippen molar-refractivity contribution in [2.75, 3.05) is 6.54 Å². The van der Waals surface area contributed by atoms with E-state index in [1.807, 2.05) is 0 Å². The van der Waals surface area contributed by atoms with Gasteiger partial charge in [-0.3, -0.25) is 0 Å². The summed E-state index contributed by atoms with van der Waals surface area (Å²) in [5, 5.41) is 1.37. The Labute approximate surface area is 95.8 Å². The predicted octanol–water partition coefficient (Wildman–Crippen LogP) is 2.72. The molecule has 0 unspecified atom stereocenters. The Hall–Kier alpha value is -1.28. The van der Waals surface area contributed by atoms with E-state index in [0.29, 0.717) is 0 Å². The van der Waals surface area contributed by atoms with Gasteiger partial charge in [-0.05, 0) is 37.0 Å². The SMILES string of the molecule is CCc1cccc2[nH]c(C3(CN)CC3)cc12. The largest absolute Gasteiger partial charge is 0.358 e. The maximum atomic E-state index is 5.87. The number of aromatic amines is 1. The maximum absolute atomic E-state index is 5.87. The van der Waals surface area contributed by atoms with E-state index in [0.717, 1.165) is 13.0 Å². The summed E-state index contributed by atoms with van der Waals surface area (Å²) in [5.41, 5.74) is 10.2. The number of rotatable bonds is 3. The van der Waals surface area contributed by atoms with Crippen LogP contribution in [0.4, 0.5) is 0 Å². The summed E-state index contributed by atoms with van der Waals surface area (Å²) in [6.45, 7) is 2.97. The van der Waals surface area contributed by atoms with Crippen LogP contribution in [0.1, 0.15) is 31.0 Å². The zero-order valence-electron chi connectivity index (χ0n) is 9.72. The first-order valence-corrected chi connectivity index (χ1v) is 6.10. The van der Waals surface area contributed by atoms with Crippen molar-refractivity contribution in [3.63, 3.8) is 0 Å². The van der Waals surface area contributed by atoms with Crippen LogP contribution in [0.5, 0.6) is 0 Å². The molecule has 0 spiro atoms. The van der Waals surface area contributed by atoms with Crippen LogP contribution in [-0.2, 0) is 11.8 Å². The molecule has 0 saturated heterocycles. The number of fused-ring (bicyclic) bond motifs is 1. The molecule has 0 radical (unpaired) electrons. The monoisotopic (exact) mass is 214 g/mol. The Bertz CT molecular complexity index is 521. The summed E-state index contributed by atoms with van der Waals surface area (Å²) in [6, 6.07) is 8.81. The molecule has 3 N–H and O–H groups in total. The summed E-state index contributed by atoms with van der Waals surface area (Å²) < 4.78 is 0. The average Bonchev–Trinajstić information content (AvgIpc) is 3.00. The highest BCUT2D eigenvalue weighted by Crippen LogP contribution is 2.47. The van der Waals surface area contributed by atoms with Gasteiger partial charge in [0, 0.05) is 28.6 Å². The van der Waals surface area contributed by atoms with Crippen LogP contribution in [0, 0.1) is 0 Å².